The summed E-state index contributed by atoms with van der Waals surface area (Å²) in [6, 6.07) is 12.9. The van der Waals surface area contributed by atoms with Crippen LogP contribution in [-0.4, -0.2) is 37.9 Å². The Labute approximate surface area is 209 Å². The molecule has 36 heavy (non-hydrogen) atoms. The molecule has 2 aromatic carbocycles. The Kier molecular flexibility index (Phi) is 8.28. The van der Waals surface area contributed by atoms with Crippen molar-refractivity contribution in [3.63, 3.8) is 0 Å². The molecule has 3 rings (SSSR count). The van der Waals surface area contributed by atoms with Crippen molar-refractivity contribution in [1.82, 2.24) is 4.98 Å². The molecule has 8 nitrogen and oxygen atoms in total. The molecular weight excluding hydrogens is 517 g/mol. The van der Waals surface area contributed by atoms with Crippen molar-refractivity contribution >= 4 is 38.2 Å². The molecule has 0 amide bonds. The van der Waals surface area contributed by atoms with E-state index in [1.54, 1.807) is 25.1 Å². The molecule has 0 aliphatic heterocycles. The maximum Gasteiger partial charge on any atom is 0.431 e. The van der Waals surface area contributed by atoms with Crippen LogP contribution >= 0.6 is 11.3 Å². The van der Waals surface area contributed by atoms with Crippen LogP contribution in [0.3, 0.4) is 0 Å². The van der Waals surface area contributed by atoms with Crippen LogP contribution < -0.4 is 10.5 Å². The maximum atomic E-state index is 14.3. The number of sulfonamides is 1. The van der Waals surface area contributed by atoms with Crippen LogP contribution in [0.15, 0.2) is 76.1 Å². The highest BCUT2D eigenvalue weighted by molar-refractivity contribution is 7.89. The SMILES string of the molecule is CCOC(=O)c1csc(N/C(=C(/Cc2ccc(S(N)(=O)=O)cc2)C(=N)c2ccccc2)C(F)(F)F)n1. The fourth-order valence-electron chi connectivity index (χ4n) is 3.14. The van der Waals surface area contributed by atoms with E-state index in [0.29, 0.717) is 5.56 Å². The van der Waals surface area contributed by atoms with Crippen LogP contribution in [0.25, 0.3) is 0 Å². The lowest BCUT2D eigenvalue weighted by molar-refractivity contribution is -0.0908. The highest BCUT2D eigenvalue weighted by Crippen LogP contribution is 2.33. The molecule has 1 aromatic heterocycles. The molecule has 0 aliphatic carbocycles. The van der Waals surface area contributed by atoms with Crippen molar-refractivity contribution in [3.8, 4) is 0 Å². The number of primary sulfonamides is 1. The van der Waals surface area contributed by atoms with Gasteiger partial charge in [-0.25, -0.2) is 23.3 Å². The molecular formula is C23H21F3N4O4S2. The molecule has 0 bridgehead atoms. The first-order valence-electron chi connectivity index (χ1n) is 10.4. The van der Waals surface area contributed by atoms with E-state index >= 15 is 0 Å². The molecule has 0 fully saturated rings. The van der Waals surface area contributed by atoms with E-state index in [1.807, 2.05) is 0 Å². The van der Waals surface area contributed by atoms with Gasteiger partial charge >= 0.3 is 12.1 Å². The molecule has 3 aromatic rings. The third-order valence-electron chi connectivity index (χ3n) is 4.80. The van der Waals surface area contributed by atoms with E-state index in [2.05, 4.69) is 10.3 Å². The van der Waals surface area contributed by atoms with Gasteiger partial charge in [0.1, 0.15) is 5.70 Å². The lowest BCUT2D eigenvalue weighted by atomic mass is 9.94. The van der Waals surface area contributed by atoms with E-state index in [-0.39, 0.29) is 34.3 Å². The van der Waals surface area contributed by atoms with Crippen molar-refractivity contribution in [2.45, 2.75) is 24.4 Å². The number of thiazole rings is 1. The second-order valence-electron chi connectivity index (χ2n) is 7.34. The fourth-order valence-corrected chi connectivity index (χ4v) is 4.34. The van der Waals surface area contributed by atoms with E-state index in [4.69, 9.17) is 15.3 Å². The number of hydrogen-bond donors (Lipinski definition) is 3. The minimum atomic E-state index is -4.92. The fraction of sp³-hybridized carbons (Fsp3) is 0.174. The van der Waals surface area contributed by atoms with Gasteiger partial charge < -0.3 is 10.1 Å². The zero-order valence-electron chi connectivity index (χ0n) is 18.8. The molecule has 1 heterocycles. The number of nitrogens with one attached hydrogen (secondary N) is 2. The Morgan fingerprint density at radius 1 is 1.14 bits per heavy atom. The summed E-state index contributed by atoms with van der Waals surface area (Å²) in [5, 5.41) is 17.0. The first kappa shape index (κ1) is 27.0. The van der Waals surface area contributed by atoms with Gasteiger partial charge in [-0.1, -0.05) is 42.5 Å². The molecule has 13 heteroatoms. The number of carbonyl (C=O) groups excluding carboxylic acids is 1. The smallest absolute Gasteiger partial charge is 0.431 e. The summed E-state index contributed by atoms with van der Waals surface area (Å²) in [4.78, 5) is 15.6. The topological polar surface area (TPSA) is 135 Å². The Morgan fingerprint density at radius 2 is 1.78 bits per heavy atom. The van der Waals surface area contributed by atoms with Crippen LogP contribution in [0.4, 0.5) is 18.3 Å². The number of nitrogens with zero attached hydrogens (tertiary/aromatic N) is 1. The second kappa shape index (κ2) is 11.0. The van der Waals surface area contributed by atoms with Gasteiger partial charge in [0.25, 0.3) is 0 Å². The summed E-state index contributed by atoms with van der Waals surface area (Å²) in [6.45, 7) is 1.67. The summed E-state index contributed by atoms with van der Waals surface area (Å²) < 4.78 is 70.8. The van der Waals surface area contributed by atoms with Crippen molar-refractivity contribution in [3.05, 3.63) is 88.1 Å². The molecule has 0 unspecified atom stereocenters. The van der Waals surface area contributed by atoms with Crippen molar-refractivity contribution < 1.29 is 31.1 Å². The number of esters is 1. The molecule has 190 valence electrons. The van der Waals surface area contributed by atoms with E-state index in [9.17, 15) is 26.4 Å². The highest BCUT2D eigenvalue weighted by Gasteiger charge is 2.38. The molecule has 0 atom stereocenters. The number of anilines is 1. The Morgan fingerprint density at radius 3 is 2.33 bits per heavy atom. The van der Waals surface area contributed by atoms with Gasteiger partial charge in [-0.05, 0) is 30.2 Å². The van der Waals surface area contributed by atoms with Gasteiger partial charge in [0.2, 0.25) is 10.0 Å². The predicted octanol–water partition coefficient (Wildman–Crippen LogP) is 4.51. The molecule has 0 aliphatic rings. The number of allylic oxidation sites excluding steroid dienone is 2. The average Bonchev–Trinajstić information content (AvgIpc) is 3.30. The Bertz CT molecular complexity index is 1380. The van der Waals surface area contributed by atoms with E-state index in [1.165, 1.54) is 41.8 Å². The number of benzene rings is 2. The number of carbonyl (C=O) groups is 1. The molecule has 0 spiro atoms. The Balaban J connectivity index is 2.09. The molecule has 4 N–H and O–H groups in total. The predicted molar refractivity (Wildman–Crippen MR) is 130 cm³/mol. The number of hydrogen-bond acceptors (Lipinski definition) is 8. The number of rotatable bonds is 9. The number of nitrogens with two attached hydrogens (primary N) is 1. The highest BCUT2D eigenvalue weighted by atomic mass is 32.2. The lowest BCUT2D eigenvalue weighted by Gasteiger charge is -2.20. The normalized spacial score (nSPS) is 12.6. The van der Waals surface area contributed by atoms with Crippen LogP contribution in [0.1, 0.15) is 28.5 Å². The van der Waals surface area contributed by atoms with Gasteiger partial charge in [-0.3, -0.25) is 5.41 Å². The van der Waals surface area contributed by atoms with Crippen LogP contribution in [0.2, 0.25) is 0 Å². The quantitative estimate of drug-likeness (QED) is 0.271. The van der Waals surface area contributed by atoms with Crippen LogP contribution in [0, 0.1) is 5.41 Å². The summed E-state index contributed by atoms with van der Waals surface area (Å²) in [6.07, 6.45) is -5.29. The zero-order valence-corrected chi connectivity index (χ0v) is 20.4. The summed E-state index contributed by atoms with van der Waals surface area (Å²) in [5.74, 6) is -0.772. The Hall–Kier alpha value is -3.55. The number of alkyl halides is 3. The monoisotopic (exact) mass is 538 g/mol. The number of halogens is 3. The standard InChI is InChI=1S/C23H21F3N4O4S2/c1-2-34-21(31)18-13-35-22(29-18)30-20(23(24,25)26)17(19(27)15-6-4-3-5-7-15)12-14-8-10-16(11-9-14)36(28,32)33/h3-11,13,27H,2,12H2,1H3,(H,29,30)(H2,28,32,33)/b20-17-,27-19?. The first-order chi connectivity index (χ1) is 16.9. The minimum Gasteiger partial charge on any atom is -0.461 e. The third-order valence-corrected chi connectivity index (χ3v) is 6.49. The number of ether oxygens (including phenoxy) is 1. The molecule has 0 radical (unpaired) electrons. The van der Waals surface area contributed by atoms with Gasteiger partial charge in [0.15, 0.2) is 10.8 Å². The van der Waals surface area contributed by atoms with Crippen molar-refractivity contribution in [2.24, 2.45) is 5.14 Å². The average molecular weight is 539 g/mol. The van der Waals surface area contributed by atoms with Gasteiger partial charge in [-0.2, -0.15) is 13.2 Å². The molecule has 0 saturated heterocycles. The van der Waals surface area contributed by atoms with Gasteiger partial charge in [0.05, 0.1) is 17.2 Å². The third kappa shape index (κ3) is 6.77. The van der Waals surface area contributed by atoms with Crippen LogP contribution in [0.5, 0.6) is 0 Å². The molecule has 0 saturated carbocycles. The van der Waals surface area contributed by atoms with Gasteiger partial charge in [0, 0.05) is 17.4 Å². The largest absolute Gasteiger partial charge is 0.461 e. The minimum absolute atomic E-state index is 0.0788. The lowest BCUT2D eigenvalue weighted by Crippen LogP contribution is -2.25. The van der Waals surface area contributed by atoms with E-state index < -0.39 is 39.2 Å². The maximum absolute atomic E-state index is 14.3. The summed E-state index contributed by atoms with van der Waals surface area (Å²) >= 11 is 0.776. The van der Waals surface area contributed by atoms with Crippen molar-refractivity contribution in [2.75, 3.05) is 11.9 Å². The summed E-state index contributed by atoms with van der Waals surface area (Å²) in [5.41, 5.74) is -1.64. The number of aromatic nitrogens is 1. The van der Waals surface area contributed by atoms with Crippen LogP contribution in [-0.2, 0) is 21.2 Å². The summed E-state index contributed by atoms with van der Waals surface area (Å²) in [7, 11) is -3.99. The zero-order chi connectivity index (χ0) is 26.5. The first-order valence-corrected chi connectivity index (χ1v) is 12.8. The van der Waals surface area contributed by atoms with E-state index in [0.717, 1.165) is 11.3 Å². The second-order valence-corrected chi connectivity index (χ2v) is 9.76. The van der Waals surface area contributed by atoms with Crippen molar-refractivity contribution in [1.29, 1.82) is 5.41 Å². The van der Waals surface area contributed by atoms with Gasteiger partial charge in [-0.15, -0.1) is 11.3 Å².